The molecule has 5 heteroatoms. The molecule has 3 heterocycles. The summed E-state index contributed by atoms with van der Waals surface area (Å²) in [5.41, 5.74) is 11.7. The monoisotopic (exact) mass is 357 g/mol. The van der Waals surface area contributed by atoms with Crippen LogP contribution in [0.3, 0.4) is 0 Å². The van der Waals surface area contributed by atoms with E-state index < -0.39 is 5.54 Å². The van der Waals surface area contributed by atoms with Gasteiger partial charge in [0.1, 0.15) is 11.5 Å². The second-order valence-corrected chi connectivity index (χ2v) is 6.57. The van der Waals surface area contributed by atoms with Crippen LogP contribution in [0.1, 0.15) is 45.2 Å². The molecular formula is C20H24ClN3O. The molecule has 3 aromatic rings. The van der Waals surface area contributed by atoms with Crippen molar-refractivity contribution in [1.82, 2.24) is 9.97 Å². The quantitative estimate of drug-likeness (QED) is 0.759. The van der Waals surface area contributed by atoms with Crippen molar-refractivity contribution in [2.75, 3.05) is 0 Å². The van der Waals surface area contributed by atoms with Crippen LogP contribution in [0.4, 0.5) is 0 Å². The summed E-state index contributed by atoms with van der Waals surface area (Å²) in [5.74, 6) is 1.47. The van der Waals surface area contributed by atoms with Gasteiger partial charge in [-0.1, -0.05) is 12.1 Å². The van der Waals surface area contributed by atoms with E-state index in [1.807, 2.05) is 59.1 Å². The lowest BCUT2D eigenvalue weighted by Crippen LogP contribution is -2.42. The molecule has 3 rings (SSSR count). The van der Waals surface area contributed by atoms with Crippen LogP contribution in [0, 0.1) is 34.6 Å². The number of hydrogen-bond donors (Lipinski definition) is 1. The highest BCUT2D eigenvalue weighted by Gasteiger charge is 2.40. The van der Waals surface area contributed by atoms with Crippen molar-refractivity contribution in [3.63, 3.8) is 0 Å². The average molecular weight is 358 g/mol. The van der Waals surface area contributed by atoms with Gasteiger partial charge in [-0.2, -0.15) is 0 Å². The molecule has 0 unspecified atom stereocenters. The molecule has 132 valence electrons. The van der Waals surface area contributed by atoms with Gasteiger partial charge < -0.3 is 10.2 Å². The Hall–Kier alpha value is -2.17. The van der Waals surface area contributed by atoms with E-state index in [4.69, 9.17) is 10.2 Å². The van der Waals surface area contributed by atoms with Crippen molar-refractivity contribution in [2.24, 2.45) is 5.73 Å². The zero-order valence-electron chi connectivity index (χ0n) is 15.3. The Labute approximate surface area is 154 Å². The minimum absolute atomic E-state index is 0. The number of nitrogens with two attached hydrogens (primary N) is 1. The van der Waals surface area contributed by atoms with Gasteiger partial charge in [0.2, 0.25) is 0 Å². The second-order valence-electron chi connectivity index (χ2n) is 6.57. The number of aryl methyl sites for hydroxylation is 5. The van der Waals surface area contributed by atoms with Crippen LogP contribution in [-0.2, 0) is 5.54 Å². The van der Waals surface area contributed by atoms with Gasteiger partial charge in [0, 0.05) is 12.4 Å². The van der Waals surface area contributed by atoms with Crippen LogP contribution in [0.25, 0.3) is 0 Å². The van der Waals surface area contributed by atoms with Gasteiger partial charge in [-0.15, -0.1) is 12.4 Å². The number of furan rings is 1. The molecule has 25 heavy (non-hydrogen) atoms. The first-order valence-electron chi connectivity index (χ1n) is 8.05. The van der Waals surface area contributed by atoms with E-state index in [1.54, 1.807) is 0 Å². The zero-order valence-corrected chi connectivity index (χ0v) is 16.1. The van der Waals surface area contributed by atoms with E-state index in [0.29, 0.717) is 5.76 Å². The molecule has 0 aromatic carbocycles. The van der Waals surface area contributed by atoms with E-state index in [-0.39, 0.29) is 12.4 Å². The minimum Gasteiger partial charge on any atom is -0.464 e. The fraction of sp³-hybridized carbons (Fsp3) is 0.300. The SMILES string of the molecule is Cc1cnc(C(N)(c2ccc(C)o2)c2ncc(C)cc2C)c(C)c1.Cl. The van der Waals surface area contributed by atoms with Crippen molar-refractivity contribution in [3.8, 4) is 0 Å². The topological polar surface area (TPSA) is 64.9 Å². The van der Waals surface area contributed by atoms with Crippen LogP contribution >= 0.6 is 12.4 Å². The first-order chi connectivity index (χ1) is 11.3. The Balaban J connectivity index is 0.00000225. The van der Waals surface area contributed by atoms with E-state index >= 15 is 0 Å². The Morgan fingerprint density at radius 3 is 1.68 bits per heavy atom. The maximum Gasteiger partial charge on any atom is 0.160 e. The third-order valence-electron chi connectivity index (χ3n) is 4.31. The second kappa shape index (κ2) is 6.98. The van der Waals surface area contributed by atoms with Crippen molar-refractivity contribution < 1.29 is 4.42 Å². The highest BCUT2D eigenvalue weighted by Crippen LogP contribution is 2.36. The average Bonchev–Trinajstić information content (AvgIpc) is 2.93. The molecule has 0 fully saturated rings. The molecule has 0 saturated heterocycles. The predicted molar refractivity (Wildman–Crippen MR) is 102 cm³/mol. The molecule has 0 aliphatic rings. The minimum atomic E-state index is -1.02. The summed E-state index contributed by atoms with van der Waals surface area (Å²) in [6.07, 6.45) is 3.67. The lowest BCUT2D eigenvalue weighted by molar-refractivity contribution is 0.406. The molecule has 0 aliphatic carbocycles. The van der Waals surface area contributed by atoms with Crippen LogP contribution < -0.4 is 5.73 Å². The molecule has 0 bridgehead atoms. The van der Waals surface area contributed by atoms with Crippen LogP contribution in [0.2, 0.25) is 0 Å². The molecule has 0 atom stereocenters. The highest BCUT2D eigenvalue weighted by molar-refractivity contribution is 5.85. The number of pyridine rings is 2. The van der Waals surface area contributed by atoms with Crippen molar-refractivity contribution in [2.45, 2.75) is 40.2 Å². The summed E-state index contributed by atoms with van der Waals surface area (Å²) in [6, 6.07) is 8.01. The number of hydrogen-bond acceptors (Lipinski definition) is 4. The Bertz CT molecular complexity index is 850. The van der Waals surface area contributed by atoms with Crippen LogP contribution in [-0.4, -0.2) is 9.97 Å². The van der Waals surface area contributed by atoms with Gasteiger partial charge in [-0.25, -0.2) is 0 Å². The predicted octanol–water partition coefficient (Wildman–Crippen LogP) is 4.28. The number of nitrogens with zero attached hydrogens (tertiary/aromatic N) is 2. The molecule has 3 aromatic heterocycles. The van der Waals surface area contributed by atoms with E-state index in [9.17, 15) is 0 Å². The van der Waals surface area contributed by atoms with Gasteiger partial charge >= 0.3 is 0 Å². The number of halogens is 1. The smallest absolute Gasteiger partial charge is 0.160 e. The maximum absolute atomic E-state index is 6.96. The van der Waals surface area contributed by atoms with E-state index in [2.05, 4.69) is 22.1 Å². The van der Waals surface area contributed by atoms with Gasteiger partial charge in [-0.05, 0) is 69.0 Å². The van der Waals surface area contributed by atoms with E-state index in [0.717, 1.165) is 39.4 Å². The van der Waals surface area contributed by atoms with Gasteiger partial charge in [0.05, 0.1) is 11.4 Å². The van der Waals surface area contributed by atoms with Gasteiger partial charge in [-0.3, -0.25) is 9.97 Å². The Morgan fingerprint density at radius 2 is 1.32 bits per heavy atom. The third-order valence-corrected chi connectivity index (χ3v) is 4.31. The number of rotatable bonds is 3. The molecule has 4 nitrogen and oxygen atoms in total. The highest BCUT2D eigenvalue weighted by atomic mass is 35.5. The summed E-state index contributed by atoms with van der Waals surface area (Å²) >= 11 is 0. The molecule has 0 amide bonds. The third kappa shape index (κ3) is 3.32. The summed E-state index contributed by atoms with van der Waals surface area (Å²) in [6.45, 7) is 10.0. The van der Waals surface area contributed by atoms with E-state index in [1.165, 1.54) is 0 Å². The van der Waals surface area contributed by atoms with Gasteiger partial charge in [0.25, 0.3) is 0 Å². The Morgan fingerprint density at radius 1 is 0.840 bits per heavy atom. The van der Waals surface area contributed by atoms with Crippen molar-refractivity contribution >= 4 is 12.4 Å². The normalized spacial score (nSPS) is 11.3. The molecular weight excluding hydrogens is 334 g/mol. The van der Waals surface area contributed by atoms with Gasteiger partial charge in [0.15, 0.2) is 5.54 Å². The first-order valence-corrected chi connectivity index (χ1v) is 8.05. The summed E-state index contributed by atoms with van der Waals surface area (Å²) < 4.78 is 5.92. The number of aromatic nitrogens is 2. The van der Waals surface area contributed by atoms with Crippen LogP contribution in [0.5, 0.6) is 0 Å². The molecule has 2 N–H and O–H groups in total. The van der Waals surface area contributed by atoms with Crippen LogP contribution in [0.15, 0.2) is 41.1 Å². The Kier molecular flexibility index (Phi) is 5.35. The molecule has 0 spiro atoms. The van der Waals surface area contributed by atoms with Crippen molar-refractivity contribution in [3.05, 3.63) is 81.8 Å². The molecule has 0 radical (unpaired) electrons. The zero-order chi connectivity index (χ0) is 17.5. The lowest BCUT2D eigenvalue weighted by atomic mass is 9.83. The summed E-state index contributed by atoms with van der Waals surface area (Å²) in [5, 5.41) is 0. The fourth-order valence-corrected chi connectivity index (χ4v) is 3.25. The summed E-state index contributed by atoms with van der Waals surface area (Å²) in [7, 11) is 0. The molecule has 0 saturated carbocycles. The standard InChI is InChI=1S/C20H23N3O.ClH/c1-12-8-14(3)18(22-10-12)20(21,17-7-6-16(5)24-17)19-15(4)9-13(2)11-23-19;/h6-11H,21H2,1-5H3;1H. The lowest BCUT2D eigenvalue weighted by Gasteiger charge is -2.29. The molecule has 0 aliphatic heterocycles. The van der Waals surface area contributed by atoms with Crippen molar-refractivity contribution in [1.29, 1.82) is 0 Å². The summed E-state index contributed by atoms with van der Waals surface area (Å²) in [4.78, 5) is 9.30. The largest absolute Gasteiger partial charge is 0.464 e. The maximum atomic E-state index is 6.96. The fourth-order valence-electron chi connectivity index (χ4n) is 3.25. The first kappa shape index (κ1) is 19.2.